The number of fused-ring (bicyclic) bond motifs is 1. The molecular weight excluding hydrogens is 176 g/mol. The molecule has 2 heterocycles. The number of hydrogen-bond acceptors (Lipinski definition) is 3. The van der Waals surface area contributed by atoms with Crippen molar-refractivity contribution in [2.75, 3.05) is 5.73 Å². The summed E-state index contributed by atoms with van der Waals surface area (Å²) in [5, 5.41) is 0. The van der Waals surface area contributed by atoms with Crippen molar-refractivity contribution in [3.8, 4) is 0 Å². The van der Waals surface area contributed by atoms with Crippen LogP contribution in [0.1, 0.15) is 26.5 Å². The molecule has 0 spiro atoms. The topological polar surface area (TPSA) is 56.2 Å². The first-order valence-electron chi connectivity index (χ1n) is 4.57. The van der Waals surface area contributed by atoms with E-state index in [4.69, 9.17) is 5.73 Å². The van der Waals surface area contributed by atoms with Gasteiger partial charge < -0.3 is 5.73 Å². The van der Waals surface area contributed by atoms with E-state index in [1.54, 1.807) is 16.9 Å². The summed E-state index contributed by atoms with van der Waals surface area (Å²) in [5.41, 5.74) is 7.74. The highest BCUT2D eigenvalue weighted by Gasteiger charge is 2.16. The van der Waals surface area contributed by atoms with Crippen LogP contribution in [0.3, 0.4) is 0 Å². The second-order valence-electron chi connectivity index (χ2n) is 4.44. The van der Waals surface area contributed by atoms with Crippen LogP contribution in [0, 0.1) is 0 Å². The van der Waals surface area contributed by atoms with Crippen molar-refractivity contribution in [3.63, 3.8) is 0 Å². The molecule has 0 amide bonds. The zero-order chi connectivity index (χ0) is 10.3. The molecule has 0 atom stereocenters. The number of nitrogens with zero attached hydrogens (tertiary/aromatic N) is 3. The molecular formula is C10H14N4. The largest absolute Gasteiger partial charge is 0.369 e. The highest BCUT2D eigenvalue weighted by Crippen LogP contribution is 2.21. The Morgan fingerprint density at radius 3 is 2.64 bits per heavy atom. The lowest BCUT2D eigenvalue weighted by Gasteiger charge is -2.17. The number of aromatic nitrogens is 3. The number of nitrogen functional groups attached to an aromatic ring is 1. The average Bonchev–Trinajstić information content (AvgIpc) is 2.46. The van der Waals surface area contributed by atoms with Gasteiger partial charge in [0.2, 0.25) is 5.95 Å². The van der Waals surface area contributed by atoms with E-state index in [1.807, 2.05) is 6.07 Å². The summed E-state index contributed by atoms with van der Waals surface area (Å²) in [4.78, 5) is 8.37. The summed E-state index contributed by atoms with van der Waals surface area (Å²) in [5.74, 6) is 0.480. The van der Waals surface area contributed by atoms with Gasteiger partial charge in [-0.15, -0.1) is 0 Å². The number of imidazole rings is 1. The second-order valence-corrected chi connectivity index (χ2v) is 4.44. The van der Waals surface area contributed by atoms with E-state index < -0.39 is 0 Å². The molecule has 4 heteroatoms. The maximum absolute atomic E-state index is 5.65. The van der Waals surface area contributed by atoms with Crippen LogP contribution < -0.4 is 5.73 Å². The van der Waals surface area contributed by atoms with Gasteiger partial charge in [-0.1, -0.05) is 20.8 Å². The first-order chi connectivity index (χ1) is 6.48. The Bertz CT molecular complexity index is 464. The highest BCUT2D eigenvalue weighted by molar-refractivity contribution is 5.51. The van der Waals surface area contributed by atoms with Gasteiger partial charge in [0.1, 0.15) is 6.33 Å². The van der Waals surface area contributed by atoms with Gasteiger partial charge in [0.05, 0.1) is 11.7 Å². The monoisotopic (exact) mass is 190 g/mol. The fraction of sp³-hybridized carbons (Fsp3) is 0.400. The van der Waals surface area contributed by atoms with E-state index in [1.165, 1.54) is 0 Å². The third-order valence-electron chi connectivity index (χ3n) is 2.22. The smallest absolute Gasteiger partial charge is 0.206 e. The van der Waals surface area contributed by atoms with Crippen molar-refractivity contribution in [2.45, 2.75) is 26.2 Å². The van der Waals surface area contributed by atoms with Gasteiger partial charge >= 0.3 is 0 Å². The molecule has 0 aliphatic heterocycles. The summed E-state index contributed by atoms with van der Waals surface area (Å²) >= 11 is 0. The summed E-state index contributed by atoms with van der Waals surface area (Å²) in [6.45, 7) is 6.39. The third kappa shape index (κ3) is 1.32. The Morgan fingerprint density at radius 1 is 1.29 bits per heavy atom. The van der Waals surface area contributed by atoms with E-state index in [-0.39, 0.29) is 5.41 Å². The number of rotatable bonds is 0. The molecule has 0 saturated carbocycles. The predicted octanol–water partition coefficient (Wildman–Crippen LogP) is 1.61. The first kappa shape index (κ1) is 8.99. The molecule has 2 aromatic rings. The van der Waals surface area contributed by atoms with Gasteiger partial charge in [-0.25, -0.2) is 9.97 Å². The van der Waals surface area contributed by atoms with E-state index in [0.29, 0.717) is 5.95 Å². The molecule has 0 unspecified atom stereocenters. The predicted molar refractivity (Wildman–Crippen MR) is 56.1 cm³/mol. The summed E-state index contributed by atoms with van der Waals surface area (Å²) < 4.78 is 1.77. The van der Waals surface area contributed by atoms with Gasteiger partial charge in [-0.3, -0.25) is 4.40 Å². The molecule has 0 aromatic carbocycles. The normalized spacial score (nSPS) is 12.2. The van der Waals surface area contributed by atoms with E-state index in [0.717, 1.165) is 11.2 Å². The third-order valence-corrected chi connectivity index (χ3v) is 2.22. The molecule has 0 bridgehead atoms. The molecule has 2 rings (SSSR count). The fourth-order valence-electron chi connectivity index (χ4n) is 1.33. The van der Waals surface area contributed by atoms with Gasteiger partial charge in [0.15, 0.2) is 0 Å². The van der Waals surface area contributed by atoms with Crippen molar-refractivity contribution in [3.05, 3.63) is 24.3 Å². The van der Waals surface area contributed by atoms with Crippen LogP contribution in [-0.2, 0) is 5.41 Å². The van der Waals surface area contributed by atoms with Crippen LogP contribution in [0.2, 0.25) is 0 Å². The molecule has 0 aliphatic carbocycles. The molecule has 0 aliphatic rings. The highest BCUT2D eigenvalue weighted by atomic mass is 15.1. The Kier molecular flexibility index (Phi) is 1.74. The van der Waals surface area contributed by atoms with Gasteiger partial charge in [0, 0.05) is 11.1 Å². The minimum atomic E-state index is 0.0563. The summed E-state index contributed by atoms with van der Waals surface area (Å²) in [6, 6.07) is 2.02. The average molecular weight is 190 g/mol. The SMILES string of the molecule is CC(C)(C)c1cc2cnc(N)n2cn1. The molecule has 0 saturated heterocycles. The molecule has 74 valence electrons. The van der Waals surface area contributed by atoms with Crippen LogP contribution >= 0.6 is 0 Å². The van der Waals surface area contributed by atoms with Gasteiger partial charge in [0.25, 0.3) is 0 Å². The van der Waals surface area contributed by atoms with Crippen LogP contribution in [0.5, 0.6) is 0 Å². The number of hydrogen-bond donors (Lipinski definition) is 1. The van der Waals surface area contributed by atoms with Crippen LogP contribution in [-0.4, -0.2) is 14.4 Å². The summed E-state index contributed by atoms with van der Waals surface area (Å²) in [7, 11) is 0. The molecule has 0 fully saturated rings. The lowest BCUT2D eigenvalue weighted by Crippen LogP contribution is -2.13. The molecule has 2 aromatic heterocycles. The fourth-order valence-corrected chi connectivity index (χ4v) is 1.33. The minimum Gasteiger partial charge on any atom is -0.369 e. The van der Waals surface area contributed by atoms with Crippen molar-refractivity contribution in [1.82, 2.24) is 14.4 Å². The van der Waals surface area contributed by atoms with E-state index in [2.05, 4.69) is 30.7 Å². The molecule has 14 heavy (non-hydrogen) atoms. The first-order valence-corrected chi connectivity index (χ1v) is 4.57. The zero-order valence-electron chi connectivity index (χ0n) is 8.65. The van der Waals surface area contributed by atoms with Crippen molar-refractivity contribution < 1.29 is 0 Å². The standard InChI is InChI=1S/C10H14N4/c1-10(2,3)8-4-7-5-12-9(11)14(7)6-13-8/h4-6H,1-3H3,(H2,11,12). The number of nitrogens with two attached hydrogens (primary N) is 1. The molecule has 4 nitrogen and oxygen atoms in total. The lowest BCUT2D eigenvalue weighted by molar-refractivity contribution is 0.567. The van der Waals surface area contributed by atoms with Crippen LogP contribution in [0.25, 0.3) is 5.52 Å². The maximum atomic E-state index is 5.65. The Balaban J connectivity index is 2.63. The Hall–Kier alpha value is -1.58. The van der Waals surface area contributed by atoms with Crippen LogP contribution in [0.15, 0.2) is 18.6 Å². The van der Waals surface area contributed by atoms with Crippen molar-refractivity contribution >= 4 is 11.5 Å². The van der Waals surface area contributed by atoms with Crippen LogP contribution in [0.4, 0.5) is 5.95 Å². The second kappa shape index (κ2) is 2.70. The van der Waals surface area contributed by atoms with Crippen molar-refractivity contribution in [2.24, 2.45) is 0 Å². The minimum absolute atomic E-state index is 0.0563. The maximum Gasteiger partial charge on any atom is 0.206 e. The number of anilines is 1. The molecule has 2 N–H and O–H groups in total. The lowest BCUT2D eigenvalue weighted by atomic mass is 9.92. The summed E-state index contributed by atoms with van der Waals surface area (Å²) in [6.07, 6.45) is 3.48. The Labute approximate surface area is 82.8 Å². The quantitative estimate of drug-likeness (QED) is 0.686. The molecule has 0 radical (unpaired) electrons. The van der Waals surface area contributed by atoms with Crippen molar-refractivity contribution in [1.29, 1.82) is 0 Å². The van der Waals surface area contributed by atoms with Gasteiger partial charge in [-0.2, -0.15) is 0 Å². The van der Waals surface area contributed by atoms with E-state index in [9.17, 15) is 0 Å². The van der Waals surface area contributed by atoms with Gasteiger partial charge in [-0.05, 0) is 6.07 Å². The van der Waals surface area contributed by atoms with E-state index >= 15 is 0 Å². The Morgan fingerprint density at radius 2 is 2.00 bits per heavy atom. The zero-order valence-corrected chi connectivity index (χ0v) is 8.65.